The molecule has 0 saturated carbocycles. The molecule has 1 atom stereocenters. The van der Waals surface area contributed by atoms with E-state index in [1.807, 2.05) is 5.38 Å². The maximum atomic E-state index is 12.4. The number of fused-ring (bicyclic) bond motifs is 1. The van der Waals surface area contributed by atoms with E-state index in [9.17, 15) is 4.79 Å². The molecule has 0 aliphatic carbocycles. The van der Waals surface area contributed by atoms with Crippen molar-refractivity contribution in [2.75, 3.05) is 13.1 Å². The molecular weight excluding hydrogens is 338 g/mol. The summed E-state index contributed by atoms with van der Waals surface area (Å²) in [5, 5.41) is 8.93. The summed E-state index contributed by atoms with van der Waals surface area (Å²) in [5.41, 5.74) is 2.75. The molecular formula is C16H17N7OS. The first kappa shape index (κ1) is 15.9. The van der Waals surface area contributed by atoms with Gasteiger partial charge in [-0.3, -0.25) is 4.79 Å². The summed E-state index contributed by atoms with van der Waals surface area (Å²) in [5.74, 6) is 0.565. The normalized spacial score (nSPS) is 16.4. The van der Waals surface area contributed by atoms with Crippen LogP contribution in [0.3, 0.4) is 0 Å². The lowest BCUT2D eigenvalue weighted by Gasteiger charge is -2.22. The molecule has 0 radical (unpaired) electrons. The van der Waals surface area contributed by atoms with E-state index in [0.717, 1.165) is 35.1 Å². The van der Waals surface area contributed by atoms with Crippen molar-refractivity contribution in [3.05, 3.63) is 47.2 Å². The zero-order valence-corrected chi connectivity index (χ0v) is 14.2. The van der Waals surface area contributed by atoms with Crippen molar-refractivity contribution in [3.63, 3.8) is 0 Å². The van der Waals surface area contributed by atoms with Gasteiger partial charge in [-0.25, -0.2) is 19.9 Å². The van der Waals surface area contributed by atoms with E-state index in [1.54, 1.807) is 24.8 Å². The number of nitrogens with one attached hydrogen (secondary N) is 3. The molecule has 0 aromatic carbocycles. The molecule has 3 aromatic heterocycles. The number of carbonyl (C=O) groups excluding carboxylic acids is 1. The average molecular weight is 355 g/mol. The van der Waals surface area contributed by atoms with Gasteiger partial charge in [0.1, 0.15) is 6.04 Å². The van der Waals surface area contributed by atoms with Gasteiger partial charge in [-0.2, -0.15) is 0 Å². The van der Waals surface area contributed by atoms with Crippen LogP contribution in [0.15, 0.2) is 30.2 Å². The topological polar surface area (TPSA) is 108 Å². The van der Waals surface area contributed by atoms with Crippen LogP contribution in [0, 0.1) is 0 Å². The average Bonchev–Trinajstić information content (AvgIpc) is 3.31. The van der Waals surface area contributed by atoms with E-state index in [0.29, 0.717) is 18.8 Å². The highest BCUT2D eigenvalue weighted by Gasteiger charge is 2.28. The second-order valence-electron chi connectivity index (χ2n) is 5.66. The van der Waals surface area contributed by atoms with Gasteiger partial charge in [-0.15, -0.1) is 11.3 Å². The van der Waals surface area contributed by atoms with Gasteiger partial charge in [0.15, 0.2) is 10.8 Å². The number of amides is 1. The number of H-pyrrole nitrogens is 1. The Morgan fingerprint density at radius 3 is 3.08 bits per heavy atom. The van der Waals surface area contributed by atoms with Gasteiger partial charge < -0.3 is 15.6 Å². The summed E-state index contributed by atoms with van der Waals surface area (Å²) >= 11 is 1.51. The number of rotatable bonds is 5. The van der Waals surface area contributed by atoms with Crippen LogP contribution in [0.4, 0.5) is 0 Å². The molecule has 128 valence electrons. The van der Waals surface area contributed by atoms with Crippen LogP contribution in [0.1, 0.15) is 23.1 Å². The highest BCUT2D eigenvalue weighted by Crippen LogP contribution is 2.20. The third kappa shape index (κ3) is 3.42. The van der Waals surface area contributed by atoms with Crippen LogP contribution in [0.25, 0.3) is 10.8 Å². The predicted octanol–water partition coefficient (Wildman–Crippen LogP) is 0.869. The molecule has 8 nitrogen and oxygen atoms in total. The SMILES string of the molecule is O=C(NCCc1csc(-c2ncccn2)n1)[C@@H]1NCCc2[nH]cnc21. The van der Waals surface area contributed by atoms with Crippen LogP contribution in [-0.2, 0) is 17.6 Å². The third-order valence-corrected chi connectivity index (χ3v) is 4.89. The van der Waals surface area contributed by atoms with E-state index in [1.165, 1.54) is 11.3 Å². The number of aromatic nitrogens is 5. The van der Waals surface area contributed by atoms with Crippen molar-refractivity contribution in [2.24, 2.45) is 0 Å². The molecule has 0 fully saturated rings. The van der Waals surface area contributed by atoms with Gasteiger partial charge in [0.05, 0.1) is 17.7 Å². The van der Waals surface area contributed by atoms with Gasteiger partial charge in [0, 0.05) is 49.4 Å². The largest absolute Gasteiger partial charge is 0.354 e. The Morgan fingerprint density at radius 2 is 2.20 bits per heavy atom. The maximum absolute atomic E-state index is 12.4. The Kier molecular flexibility index (Phi) is 4.49. The fraction of sp³-hybridized carbons (Fsp3) is 0.312. The number of thiazole rings is 1. The van der Waals surface area contributed by atoms with Crippen molar-refractivity contribution >= 4 is 17.2 Å². The summed E-state index contributed by atoms with van der Waals surface area (Å²) in [6.07, 6.45) is 6.56. The van der Waals surface area contributed by atoms with Crippen LogP contribution in [-0.4, -0.2) is 43.9 Å². The van der Waals surface area contributed by atoms with Crippen LogP contribution in [0.5, 0.6) is 0 Å². The molecule has 3 aromatic rings. The number of carbonyl (C=O) groups is 1. The second-order valence-corrected chi connectivity index (χ2v) is 6.52. The summed E-state index contributed by atoms with van der Waals surface area (Å²) in [6.45, 7) is 1.29. The molecule has 0 spiro atoms. The van der Waals surface area contributed by atoms with Crippen molar-refractivity contribution in [2.45, 2.75) is 18.9 Å². The summed E-state index contributed by atoms with van der Waals surface area (Å²) < 4.78 is 0. The highest BCUT2D eigenvalue weighted by molar-refractivity contribution is 7.13. The van der Waals surface area contributed by atoms with E-state index in [2.05, 4.69) is 35.6 Å². The fourth-order valence-electron chi connectivity index (χ4n) is 2.79. The Morgan fingerprint density at radius 1 is 1.32 bits per heavy atom. The first-order valence-electron chi connectivity index (χ1n) is 8.06. The number of imidazole rings is 1. The Bertz CT molecular complexity index is 860. The maximum Gasteiger partial charge on any atom is 0.243 e. The summed E-state index contributed by atoms with van der Waals surface area (Å²) in [6, 6.07) is 1.39. The third-order valence-electron chi connectivity index (χ3n) is 4.00. The fourth-order valence-corrected chi connectivity index (χ4v) is 3.58. The van der Waals surface area contributed by atoms with Gasteiger partial charge in [-0.1, -0.05) is 0 Å². The Hall–Kier alpha value is -2.65. The van der Waals surface area contributed by atoms with Gasteiger partial charge in [0.25, 0.3) is 0 Å². The van der Waals surface area contributed by atoms with Gasteiger partial charge >= 0.3 is 0 Å². The molecule has 0 unspecified atom stereocenters. The lowest BCUT2D eigenvalue weighted by molar-refractivity contribution is -0.123. The van der Waals surface area contributed by atoms with Crippen molar-refractivity contribution < 1.29 is 4.79 Å². The smallest absolute Gasteiger partial charge is 0.243 e. The number of hydrogen-bond donors (Lipinski definition) is 3. The van der Waals surface area contributed by atoms with Crippen molar-refractivity contribution in [3.8, 4) is 10.8 Å². The molecule has 0 saturated heterocycles. The molecule has 1 aliphatic heterocycles. The minimum absolute atomic E-state index is 0.0603. The lowest BCUT2D eigenvalue weighted by Crippen LogP contribution is -2.42. The number of nitrogens with zero attached hydrogens (tertiary/aromatic N) is 4. The molecule has 25 heavy (non-hydrogen) atoms. The second kappa shape index (κ2) is 7.08. The van der Waals surface area contributed by atoms with E-state index < -0.39 is 6.04 Å². The standard InChI is InChI=1S/C16H17N7OS/c24-15(13-12-11(3-7-17-13)21-9-22-12)20-6-2-10-8-25-16(23-10)14-18-4-1-5-19-14/h1,4-5,8-9,13,17H,2-3,6-7H2,(H,20,24)(H,21,22)/t13-/m1/s1. The zero-order chi connectivity index (χ0) is 17.1. The Labute approximate surface area is 148 Å². The van der Waals surface area contributed by atoms with Crippen molar-refractivity contribution in [1.82, 2.24) is 35.6 Å². The van der Waals surface area contributed by atoms with Crippen molar-refractivity contribution in [1.29, 1.82) is 0 Å². The predicted molar refractivity (Wildman–Crippen MR) is 92.9 cm³/mol. The van der Waals surface area contributed by atoms with Gasteiger partial charge in [0.2, 0.25) is 5.91 Å². The number of hydrogen-bond acceptors (Lipinski definition) is 7. The lowest BCUT2D eigenvalue weighted by atomic mass is 10.1. The van der Waals surface area contributed by atoms with E-state index in [-0.39, 0.29) is 5.91 Å². The quantitative estimate of drug-likeness (QED) is 0.627. The monoisotopic (exact) mass is 355 g/mol. The van der Waals surface area contributed by atoms with Gasteiger partial charge in [-0.05, 0) is 6.07 Å². The molecule has 4 rings (SSSR count). The highest BCUT2D eigenvalue weighted by atomic mass is 32.1. The minimum Gasteiger partial charge on any atom is -0.354 e. The molecule has 3 N–H and O–H groups in total. The molecule has 4 heterocycles. The molecule has 1 aliphatic rings. The first-order chi connectivity index (χ1) is 12.3. The Balaban J connectivity index is 1.33. The molecule has 0 bridgehead atoms. The summed E-state index contributed by atoms with van der Waals surface area (Å²) in [7, 11) is 0. The number of aromatic amines is 1. The minimum atomic E-state index is -0.390. The first-order valence-corrected chi connectivity index (χ1v) is 8.94. The molecule has 9 heteroatoms. The van der Waals surface area contributed by atoms with E-state index in [4.69, 9.17) is 0 Å². The van der Waals surface area contributed by atoms with Crippen LogP contribution in [0.2, 0.25) is 0 Å². The van der Waals surface area contributed by atoms with E-state index >= 15 is 0 Å². The van der Waals surface area contributed by atoms with Crippen LogP contribution < -0.4 is 10.6 Å². The summed E-state index contributed by atoms with van der Waals surface area (Å²) in [4.78, 5) is 32.7. The zero-order valence-electron chi connectivity index (χ0n) is 13.4. The van der Waals surface area contributed by atoms with Crippen LogP contribution >= 0.6 is 11.3 Å². The molecule has 1 amide bonds.